The number of hydrogen-bond acceptors (Lipinski definition) is 7. The molecule has 1 aliphatic heterocycles. The highest BCUT2D eigenvalue weighted by atomic mass is 16.7. The lowest BCUT2D eigenvalue weighted by atomic mass is 10.1. The number of ether oxygens (including phenoxy) is 4. The molecule has 0 saturated heterocycles. The van der Waals surface area contributed by atoms with Crippen molar-refractivity contribution in [1.29, 1.82) is 0 Å². The van der Waals surface area contributed by atoms with Crippen molar-refractivity contribution in [2.45, 2.75) is 20.0 Å². The molecule has 8 heteroatoms. The number of hydrogen-bond donors (Lipinski definition) is 0. The zero-order valence-electron chi connectivity index (χ0n) is 20.3. The Balaban J connectivity index is 1.43. The first-order valence-electron chi connectivity index (χ1n) is 11.5. The Morgan fingerprint density at radius 3 is 2.50 bits per heavy atom. The van der Waals surface area contributed by atoms with E-state index in [1.54, 1.807) is 25.2 Å². The molecule has 3 aromatic carbocycles. The molecule has 0 atom stereocenters. The number of benzene rings is 3. The molecule has 36 heavy (non-hydrogen) atoms. The summed E-state index contributed by atoms with van der Waals surface area (Å²) in [5.41, 5.74) is 3.96. The molecule has 0 N–H and O–H groups in total. The number of aryl methyl sites for hydroxylation is 1. The molecular formula is C28H26N2O6. The van der Waals surface area contributed by atoms with Gasteiger partial charge in [-0.25, -0.2) is 0 Å². The quantitative estimate of drug-likeness (QED) is 0.337. The summed E-state index contributed by atoms with van der Waals surface area (Å²) in [6.07, 6.45) is 0. The summed E-state index contributed by atoms with van der Waals surface area (Å²) >= 11 is 0. The smallest absolute Gasteiger partial charge is 0.254 e. The molecule has 2 heterocycles. The van der Waals surface area contributed by atoms with Crippen molar-refractivity contribution in [2.24, 2.45) is 0 Å². The van der Waals surface area contributed by atoms with Crippen LogP contribution in [-0.4, -0.2) is 37.0 Å². The van der Waals surface area contributed by atoms with Crippen molar-refractivity contribution >= 4 is 5.91 Å². The fourth-order valence-electron chi connectivity index (χ4n) is 4.05. The number of aromatic nitrogens is 1. The van der Waals surface area contributed by atoms with E-state index in [9.17, 15) is 4.79 Å². The maximum absolute atomic E-state index is 13.5. The van der Waals surface area contributed by atoms with E-state index in [0.717, 1.165) is 16.7 Å². The molecule has 1 amide bonds. The van der Waals surface area contributed by atoms with Gasteiger partial charge >= 0.3 is 0 Å². The zero-order chi connectivity index (χ0) is 25.1. The van der Waals surface area contributed by atoms with Gasteiger partial charge in [0.25, 0.3) is 5.91 Å². The molecule has 0 bridgehead atoms. The number of amides is 1. The highest BCUT2D eigenvalue weighted by Gasteiger charge is 2.21. The Morgan fingerprint density at radius 1 is 0.917 bits per heavy atom. The topological polar surface area (TPSA) is 83.3 Å². The van der Waals surface area contributed by atoms with E-state index in [-0.39, 0.29) is 19.2 Å². The Hall–Kier alpha value is -4.46. The number of fused-ring (bicyclic) bond motifs is 1. The van der Waals surface area contributed by atoms with Crippen LogP contribution in [0.15, 0.2) is 71.3 Å². The van der Waals surface area contributed by atoms with Gasteiger partial charge in [-0.3, -0.25) is 4.79 Å². The second-order valence-corrected chi connectivity index (χ2v) is 8.46. The lowest BCUT2D eigenvalue weighted by Crippen LogP contribution is -2.30. The standard InChI is InChI=1S/C28H26N2O6/c1-18-4-7-20(8-5-18)28(31)30(15-19-6-11-24-27(12-19)35-17-34-24)16-21-13-26(36-29-21)23-10-9-22(32-2)14-25(23)33-3/h4-14H,15-17H2,1-3H3. The van der Waals surface area contributed by atoms with Gasteiger partial charge < -0.3 is 28.4 Å². The minimum atomic E-state index is -0.112. The Bertz CT molecular complexity index is 1380. The highest BCUT2D eigenvalue weighted by molar-refractivity contribution is 5.94. The third kappa shape index (κ3) is 4.84. The summed E-state index contributed by atoms with van der Waals surface area (Å²) in [6, 6.07) is 20.5. The van der Waals surface area contributed by atoms with Crippen molar-refractivity contribution in [3.05, 3.63) is 89.1 Å². The van der Waals surface area contributed by atoms with Gasteiger partial charge in [-0.2, -0.15) is 0 Å². The Labute approximate surface area is 208 Å². The molecule has 0 unspecified atom stereocenters. The van der Waals surface area contributed by atoms with E-state index >= 15 is 0 Å². The van der Waals surface area contributed by atoms with Crippen LogP contribution in [0.3, 0.4) is 0 Å². The van der Waals surface area contributed by atoms with E-state index in [1.165, 1.54) is 0 Å². The molecule has 4 aromatic rings. The number of carbonyl (C=O) groups is 1. The maximum atomic E-state index is 13.5. The van der Waals surface area contributed by atoms with Gasteiger partial charge in [0.1, 0.15) is 17.2 Å². The molecule has 5 rings (SSSR count). The second kappa shape index (κ2) is 10.0. The third-order valence-electron chi connectivity index (χ3n) is 5.98. The number of methoxy groups -OCH3 is 2. The van der Waals surface area contributed by atoms with Gasteiger partial charge in [0, 0.05) is 24.2 Å². The number of nitrogens with zero attached hydrogens (tertiary/aromatic N) is 2. The van der Waals surface area contributed by atoms with Crippen LogP contribution in [0.4, 0.5) is 0 Å². The lowest BCUT2D eigenvalue weighted by Gasteiger charge is -2.22. The van der Waals surface area contributed by atoms with Crippen molar-refractivity contribution < 1.29 is 28.3 Å². The van der Waals surface area contributed by atoms with E-state index < -0.39 is 0 Å². The minimum Gasteiger partial charge on any atom is -0.497 e. The molecule has 0 saturated carbocycles. The van der Waals surface area contributed by atoms with E-state index in [2.05, 4.69) is 5.16 Å². The first kappa shape index (κ1) is 23.3. The van der Waals surface area contributed by atoms with Crippen molar-refractivity contribution in [3.63, 3.8) is 0 Å². The monoisotopic (exact) mass is 486 g/mol. The second-order valence-electron chi connectivity index (χ2n) is 8.46. The van der Waals surface area contributed by atoms with Gasteiger partial charge in [-0.05, 0) is 48.9 Å². The summed E-state index contributed by atoms with van der Waals surface area (Å²) in [6.45, 7) is 2.80. The van der Waals surface area contributed by atoms with Gasteiger partial charge in [0.2, 0.25) is 6.79 Å². The maximum Gasteiger partial charge on any atom is 0.254 e. The predicted molar refractivity (Wildman–Crippen MR) is 132 cm³/mol. The average Bonchev–Trinajstić information content (AvgIpc) is 3.57. The molecule has 0 fully saturated rings. The van der Waals surface area contributed by atoms with Crippen LogP contribution < -0.4 is 18.9 Å². The third-order valence-corrected chi connectivity index (χ3v) is 5.98. The van der Waals surface area contributed by atoms with Crippen molar-refractivity contribution in [2.75, 3.05) is 21.0 Å². The summed E-state index contributed by atoms with van der Waals surface area (Å²) in [4.78, 5) is 15.3. The van der Waals surface area contributed by atoms with Crippen molar-refractivity contribution in [3.8, 4) is 34.3 Å². The molecule has 0 radical (unpaired) electrons. The molecule has 1 aromatic heterocycles. The van der Waals surface area contributed by atoms with Gasteiger partial charge in [-0.1, -0.05) is 28.9 Å². The Morgan fingerprint density at radius 2 is 1.72 bits per heavy atom. The van der Waals surface area contributed by atoms with Crippen molar-refractivity contribution in [1.82, 2.24) is 10.1 Å². The SMILES string of the molecule is COc1ccc(-c2cc(CN(Cc3ccc4c(c3)OCO4)C(=O)c3ccc(C)cc3)no2)c(OC)c1. The van der Waals surface area contributed by atoms with Crippen LogP contribution in [0.2, 0.25) is 0 Å². The van der Waals surface area contributed by atoms with E-state index in [0.29, 0.717) is 46.6 Å². The molecule has 0 spiro atoms. The average molecular weight is 487 g/mol. The fraction of sp³-hybridized carbons (Fsp3) is 0.214. The normalized spacial score (nSPS) is 11.9. The van der Waals surface area contributed by atoms with Gasteiger partial charge in [-0.15, -0.1) is 0 Å². The van der Waals surface area contributed by atoms with Crippen LogP contribution in [0.5, 0.6) is 23.0 Å². The molecule has 0 aliphatic carbocycles. The van der Waals surface area contributed by atoms with Gasteiger partial charge in [0.15, 0.2) is 17.3 Å². The largest absolute Gasteiger partial charge is 0.497 e. The Kier molecular flexibility index (Phi) is 6.49. The van der Waals surface area contributed by atoms with Crippen LogP contribution in [-0.2, 0) is 13.1 Å². The van der Waals surface area contributed by atoms with Gasteiger partial charge in [0.05, 0.1) is 26.3 Å². The van der Waals surface area contributed by atoms with Crippen LogP contribution >= 0.6 is 0 Å². The summed E-state index contributed by atoms with van der Waals surface area (Å²) in [5.74, 6) is 3.07. The summed E-state index contributed by atoms with van der Waals surface area (Å²) in [5, 5.41) is 4.24. The lowest BCUT2D eigenvalue weighted by molar-refractivity contribution is 0.0726. The van der Waals surface area contributed by atoms with E-state index in [1.807, 2.05) is 67.6 Å². The van der Waals surface area contributed by atoms with Crippen LogP contribution in [0.25, 0.3) is 11.3 Å². The van der Waals surface area contributed by atoms with Crippen LogP contribution in [0, 0.1) is 6.92 Å². The molecule has 1 aliphatic rings. The first-order chi connectivity index (χ1) is 17.5. The summed E-state index contributed by atoms with van der Waals surface area (Å²) < 4.78 is 27.3. The molecule has 184 valence electrons. The zero-order valence-corrected chi connectivity index (χ0v) is 20.3. The number of carbonyl (C=O) groups excluding carboxylic acids is 1. The molecule has 8 nitrogen and oxygen atoms in total. The molecular weight excluding hydrogens is 460 g/mol. The number of rotatable bonds is 8. The highest BCUT2D eigenvalue weighted by Crippen LogP contribution is 2.35. The predicted octanol–water partition coefficient (Wildman–Crippen LogP) is 5.24. The van der Waals surface area contributed by atoms with Crippen LogP contribution in [0.1, 0.15) is 27.2 Å². The summed E-state index contributed by atoms with van der Waals surface area (Å²) in [7, 11) is 3.18. The minimum absolute atomic E-state index is 0.112. The van der Waals surface area contributed by atoms with E-state index in [4.69, 9.17) is 23.5 Å². The first-order valence-corrected chi connectivity index (χ1v) is 11.5. The fourth-order valence-corrected chi connectivity index (χ4v) is 4.05.